The summed E-state index contributed by atoms with van der Waals surface area (Å²) in [5, 5.41) is 5.11. The van der Waals surface area contributed by atoms with E-state index in [1.165, 1.54) is 12.1 Å². The Kier molecular flexibility index (Phi) is 6.13. The van der Waals surface area contributed by atoms with Gasteiger partial charge in [-0.1, -0.05) is 18.5 Å². The molecule has 3 nitrogen and oxygen atoms in total. The Labute approximate surface area is 120 Å². The highest BCUT2D eigenvalue weighted by Crippen LogP contribution is 2.36. The molecule has 0 heterocycles. The summed E-state index contributed by atoms with van der Waals surface area (Å²) in [5.74, 6) is -0.135. The highest BCUT2D eigenvalue weighted by atomic mass is 35.5. The van der Waals surface area contributed by atoms with Gasteiger partial charge in [-0.2, -0.15) is 13.2 Å². The first-order valence-electron chi connectivity index (χ1n) is 6.22. The summed E-state index contributed by atoms with van der Waals surface area (Å²) < 4.78 is 37.9. The van der Waals surface area contributed by atoms with E-state index in [0.717, 1.165) is 12.5 Å². The quantitative estimate of drug-likeness (QED) is 0.841. The minimum atomic E-state index is -4.49. The molecule has 0 bridgehead atoms. The molecule has 0 atom stereocenters. The molecule has 1 aromatic rings. The SMILES string of the molecule is CCCNC(=O)CCNc1ccc(Cl)c(C(F)(F)F)c1. The number of nitrogens with one attached hydrogen (secondary N) is 2. The minimum Gasteiger partial charge on any atom is -0.385 e. The predicted octanol–water partition coefficient (Wildman–Crippen LogP) is 3.69. The summed E-state index contributed by atoms with van der Waals surface area (Å²) in [6, 6.07) is 3.57. The number of halogens is 4. The number of alkyl halides is 3. The fraction of sp³-hybridized carbons (Fsp3) is 0.462. The molecule has 1 aromatic carbocycles. The number of benzene rings is 1. The van der Waals surface area contributed by atoms with Crippen LogP contribution in [0.1, 0.15) is 25.3 Å². The first-order chi connectivity index (χ1) is 9.34. The lowest BCUT2D eigenvalue weighted by Gasteiger charge is -2.12. The van der Waals surface area contributed by atoms with Crippen LogP contribution < -0.4 is 10.6 Å². The van der Waals surface area contributed by atoms with E-state index in [-0.39, 0.29) is 29.6 Å². The molecule has 0 aliphatic rings. The Morgan fingerprint density at radius 2 is 2.00 bits per heavy atom. The van der Waals surface area contributed by atoms with E-state index < -0.39 is 11.7 Å². The highest BCUT2D eigenvalue weighted by molar-refractivity contribution is 6.31. The molecule has 7 heteroatoms. The maximum absolute atomic E-state index is 12.6. The molecule has 20 heavy (non-hydrogen) atoms. The first kappa shape index (κ1) is 16.6. The van der Waals surface area contributed by atoms with Crippen molar-refractivity contribution in [1.82, 2.24) is 5.32 Å². The lowest BCUT2D eigenvalue weighted by molar-refractivity contribution is -0.137. The van der Waals surface area contributed by atoms with Gasteiger partial charge in [0.2, 0.25) is 5.91 Å². The van der Waals surface area contributed by atoms with Gasteiger partial charge in [-0.15, -0.1) is 0 Å². The molecule has 0 radical (unpaired) electrons. The van der Waals surface area contributed by atoms with Gasteiger partial charge in [0.15, 0.2) is 0 Å². The molecule has 1 rings (SSSR count). The largest absolute Gasteiger partial charge is 0.417 e. The van der Waals surface area contributed by atoms with Gasteiger partial charge in [-0.3, -0.25) is 4.79 Å². The fourth-order valence-electron chi connectivity index (χ4n) is 1.53. The van der Waals surface area contributed by atoms with Gasteiger partial charge in [0.05, 0.1) is 10.6 Å². The highest BCUT2D eigenvalue weighted by Gasteiger charge is 2.33. The summed E-state index contributed by atoms with van der Waals surface area (Å²) in [7, 11) is 0. The Morgan fingerprint density at radius 1 is 1.30 bits per heavy atom. The van der Waals surface area contributed by atoms with Gasteiger partial charge in [0.1, 0.15) is 0 Å². The Morgan fingerprint density at radius 3 is 2.60 bits per heavy atom. The van der Waals surface area contributed by atoms with Crippen LogP contribution in [0.4, 0.5) is 18.9 Å². The average molecular weight is 309 g/mol. The van der Waals surface area contributed by atoms with Gasteiger partial charge in [0, 0.05) is 25.2 Å². The number of hydrogen-bond acceptors (Lipinski definition) is 2. The third kappa shape index (κ3) is 5.28. The number of rotatable bonds is 6. The van der Waals surface area contributed by atoms with E-state index in [1.807, 2.05) is 6.92 Å². The van der Waals surface area contributed by atoms with E-state index >= 15 is 0 Å². The Bertz CT molecular complexity index is 463. The van der Waals surface area contributed by atoms with Gasteiger partial charge < -0.3 is 10.6 Å². The van der Waals surface area contributed by atoms with Crippen LogP contribution >= 0.6 is 11.6 Å². The normalized spacial score (nSPS) is 11.2. The second-order valence-electron chi connectivity index (χ2n) is 4.22. The first-order valence-corrected chi connectivity index (χ1v) is 6.59. The van der Waals surface area contributed by atoms with Crippen LogP contribution in [-0.4, -0.2) is 19.0 Å². The smallest absolute Gasteiger partial charge is 0.385 e. The van der Waals surface area contributed by atoms with Crippen molar-refractivity contribution >= 4 is 23.2 Å². The lowest BCUT2D eigenvalue weighted by Crippen LogP contribution is -2.25. The molecule has 0 aromatic heterocycles. The molecule has 1 amide bonds. The number of carbonyl (C=O) groups is 1. The topological polar surface area (TPSA) is 41.1 Å². The molecule has 0 aliphatic heterocycles. The van der Waals surface area contributed by atoms with Crippen molar-refractivity contribution in [2.75, 3.05) is 18.4 Å². The van der Waals surface area contributed by atoms with E-state index in [1.54, 1.807) is 0 Å². The minimum absolute atomic E-state index is 0.135. The van der Waals surface area contributed by atoms with Crippen molar-refractivity contribution in [3.05, 3.63) is 28.8 Å². The number of amides is 1. The molecule has 0 saturated carbocycles. The van der Waals surface area contributed by atoms with Gasteiger partial charge in [-0.05, 0) is 24.6 Å². The zero-order valence-corrected chi connectivity index (χ0v) is 11.7. The van der Waals surface area contributed by atoms with Crippen molar-refractivity contribution in [3.8, 4) is 0 Å². The van der Waals surface area contributed by atoms with Gasteiger partial charge in [0.25, 0.3) is 0 Å². The molecule has 0 saturated heterocycles. The van der Waals surface area contributed by atoms with Crippen LogP contribution in [0, 0.1) is 0 Å². The summed E-state index contributed by atoms with van der Waals surface area (Å²) in [4.78, 5) is 11.3. The van der Waals surface area contributed by atoms with Crippen LogP contribution in [-0.2, 0) is 11.0 Å². The monoisotopic (exact) mass is 308 g/mol. The van der Waals surface area contributed by atoms with E-state index in [9.17, 15) is 18.0 Å². The van der Waals surface area contributed by atoms with Gasteiger partial charge in [-0.25, -0.2) is 0 Å². The molecular formula is C13H16ClF3N2O. The standard InChI is InChI=1S/C13H16ClF3N2O/c1-2-6-19-12(20)5-7-18-9-3-4-11(14)10(8-9)13(15,16)17/h3-4,8,18H,2,5-7H2,1H3,(H,19,20). The van der Waals surface area contributed by atoms with Crippen molar-refractivity contribution in [2.45, 2.75) is 25.9 Å². The summed E-state index contributed by atoms with van der Waals surface area (Å²) in [6.45, 7) is 2.79. The maximum Gasteiger partial charge on any atom is 0.417 e. The van der Waals surface area contributed by atoms with E-state index in [0.29, 0.717) is 6.54 Å². The predicted molar refractivity (Wildman–Crippen MR) is 72.9 cm³/mol. The van der Waals surface area contributed by atoms with Gasteiger partial charge >= 0.3 is 6.18 Å². The van der Waals surface area contributed by atoms with Crippen molar-refractivity contribution in [2.24, 2.45) is 0 Å². The average Bonchev–Trinajstić information content (AvgIpc) is 2.37. The summed E-state index contributed by atoms with van der Waals surface area (Å²) in [5.41, 5.74) is -0.607. The molecule has 2 N–H and O–H groups in total. The van der Waals surface area contributed by atoms with E-state index in [4.69, 9.17) is 11.6 Å². The fourth-order valence-corrected chi connectivity index (χ4v) is 1.75. The third-order valence-corrected chi connectivity index (χ3v) is 2.85. The maximum atomic E-state index is 12.6. The molecule has 0 aliphatic carbocycles. The van der Waals surface area contributed by atoms with Crippen LogP contribution in [0.15, 0.2) is 18.2 Å². The zero-order chi connectivity index (χ0) is 15.2. The van der Waals surface area contributed by atoms with Crippen molar-refractivity contribution in [3.63, 3.8) is 0 Å². The number of carbonyl (C=O) groups excluding carboxylic acids is 1. The molecule has 0 unspecified atom stereocenters. The second-order valence-corrected chi connectivity index (χ2v) is 4.63. The van der Waals surface area contributed by atoms with Crippen LogP contribution in [0.5, 0.6) is 0 Å². The second kappa shape index (κ2) is 7.38. The Hall–Kier alpha value is -1.43. The lowest BCUT2D eigenvalue weighted by atomic mass is 10.2. The van der Waals surface area contributed by atoms with Crippen LogP contribution in [0.25, 0.3) is 0 Å². The molecule has 0 spiro atoms. The summed E-state index contributed by atoms with van der Waals surface area (Å²) in [6.07, 6.45) is -3.46. The van der Waals surface area contributed by atoms with Crippen molar-refractivity contribution in [1.29, 1.82) is 0 Å². The van der Waals surface area contributed by atoms with E-state index in [2.05, 4.69) is 10.6 Å². The van der Waals surface area contributed by atoms with Crippen LogP contribution in [0.3, 0.4) is 0 Å². The molecule has 0 fully saturated rings. The van der Waals surface area contributed by atoms with Crippen molar-refractivity contribution < 1.29 is 18.0 Å². The van der Waals surface area contributed by atoms with Crippen LogP contribution in [0.2, 0.25) is 5.02 Å². The molecule has 112 valence electrons. The number of anilines is 1. The third-order valence-electron chi connectivity index (χ3n) is 2.53. The Balaban J connectivity index is 2.55. The summed E-state index contributed by atoms with van der Waals surface area (Å²) >= 11 is 5.51. The number of hydrogen-bond donors (Lipinski definition) is 2. The zero-order valence-electron chi connectivity index (χ0n) is 11.0. The molecular weight excluding hydrogens is 293 g/mol.